The monoisotopic (exact) mass is 198 g/mol. The van der Waals surface area contributed by atoms with Crippen LogP contribution in [0.5, 0.6) is 0 Å². The van der Waals surface area contributed by atoms with Gasteiger partial charge in [0.2, 0.25) is 0 Å². The molecule has 3 nitrogen and oxygen atoms in total. The van der Waals surface area contributed by atoms with Gasteiger partial charge in [-0.3, -0.25) is 9.59 Å². The van der Waals surface area contributed by atoms with Crippen LogP contribution >= 0.6 is 0 Å². The smallest absolute Gasteiger partial charge is 0.313 e. The summed E-state index contributed by atoms with van der Waals surface area (Å²) in [6, 6.07) is 0. The van der Waals surface area contributed by atoms with Crippen molar-refractivity contribution in [1.82, 2.24) is 0 Å². The van der Waals surface area contributed by atoms with E-state index in [2.05, 4.69) is 4.74 Å². The lowest BCUT2D eigenvalue weighted by molar-refractivity contribution is -0.145. The van der Waals surface area contributed by atoms with Crippen molar-refractivity contribution in [2.24, 2.45) is 0 Å². The highest BCUT2D eigenvalue weighted by Crippen LogP contribution is 2.05. The van der Waals surface area contributed by atoms with Gasteiger partial charge in [0.1, 0.15) is 12.2 Å². The first kappa shape index (κ1) is 12.9. The summed E-state index contributed by atoms with van der Waals surface area (Å²) >= 11 is 0. The molecule has 14 heavy (non-hydrogen) atoms. The minimum Gasteiger partial charge on any atom is -0.466 e. The number of ketones is 1. The van der Waals surface area contributed by atoms with E-state index >= 15 is 0 Å². The standard InChI is InChI=1S/C11H18O3/c1-4-9(3)6-7-10(12)8-11(13)14-5-2/h4H,5-8H2,1-3H3/b9-4+. The van der Waals surface area contributed by atoms with Crippen molar-refractivity contribution in [1.29, 1.82) is 0 Å². The Balaban J connectivity index is 3.71. The highest BCUT2D eigenvalue weighted by molar-refractivity contribution is 5.95. The van der Waals surface area contributed by atoms with E-state index in [4.69, 9.17) is 0 Å². The average molecular weight is 198 g/mol. The summed E-state index contributed by atoms with van der Waals surface area (Å²) in [5.74, 6) is -0.472. The third-order valence-electron chi connectivity index (χ3n) is 1.94. The fourth-order valence-corrected chi connectivity index (χ4v) is 0.942. The predicted molar refractivity (Wildman–Crippen MR) is 54.9 cm³/mol. The van der Waals surface area contributed by atoms with Crippen LogP contribution in [0.15, 0.2) is 11.6 Å². The van der Waals surface area contributed by atoms with Gasteiger partial charge in [0.15, 0.2) is 0 Å². The number of ether oxygens (including phenoxy) is 1. The number of allylic oxidation sites excluding steroid dienone is 2. The summed E-state index contributed by atoms with van der Waals surface area (Å²) < 4.78 is 4.67. The number of esters is 1. The van der Waals surface area contributed by atoms with E-state index in [1.807, 2.05) is 19.9 Å². The minimum atomic E-state index is -0.421. The van der Waals surface area contributed by atoms with E-state index in [1.165, 1.54) is 5.57 Å². The van der Waals surface area contributed by atoms with Crippen molar-refractivity contribution in [3.8, 4) is 0 Å². The molecule has 0 heterocycles. The molecule has 0 rings (SSSR count). The first-order valence-corrected chi connectivity index (χ1v) is 4.89. The Morgan fingerprint density at radius 2 is 1.93 bits per heavy atom. The molecule has 0 aromatic rings. The van der Waals surface area contributed by atoms with Crippen LogP contribution in [-0.4, -0.2) is 18.4 Å². The van der Waals surface area contributed by atoms with E-state index < -0.39 is 5.97 Å². The lowest BCUT2D eigenvalue weighted by atomic mass is 10.1. The SMILES string of the molecule is C/C=C(\C)CCC(=O)CC(=O)OCC. The summed E-state index contributed by atoms with van der Waals surface area (Å²) in [5, 5.41) is 0. The van der Waals surface area contributed by atoms with E-state index in [0.29, 0.717) is 13.0 Å². The molecular weight excluding hydrogens is 180 g/mol. The number of carbonyl (C=O) groups excluding carboxylic acids is 2. The third kappa shape index (κ3) is 6.40. The number of Topliss-reactive ketones (excluding diaryl/α,β-unsaturated/α-hetero) is 1. The lowest BCUT2D eigenvalue weighted by Crippen LogP contribution is -2.10. The molecule has 0 aliphatic rings. The van der Waals surface area contributed by atoms with E-state index in [9.17, 15) is 9.59 Å². The van der Waals surface area contributed by atoms with Crippen molar-refractivity contribution in [2.75, 3.05) is 6.61 Å². The molecular formula is C11H18O3. The second kappa shape index (κ2) is 7.30. The normalized spacial score (nSPS) is 11.2. The minimum absolute atomic E-state index is 0.0512. The third-order valence-corrected chi connectivity index (χ3v) is 1.94. The largest absolute Gasteiger partial charge is 0.466 e. The first-order valence-electron chi connectivity index (χ1n) is 4.89. The molecule has 0 aromatic carbocycles. The second-order valence-corrected chi connectivity index (χ2v) is 3.16. The molecule has 0 radical (unpaired) electrons. The van der Waals surface area contributed by atoms with Crippen LogP contribution in [0.25, 0.3) is 0 Å². The molecule has 0 N–H and O–H groups in total. The number of hydrogen-bond donors (Lipinski definition) is 0. The van der Waals surface area contributed by atoms with Crippen LogP contribution in [0.3, 0.4) is 0 Å². The molecule has 0 spiro atoms. The Morgan fingerprint density at radius 1 is 1.29 bits per heavy atom. The molecule has 0 aliphatic carbocycles. The molecule has 3 heteroatoms. The Bertz CT molecular complexity index is 229. The van der Waals surface area contributed by atoms with Crippen LogP contribution in [-0.2, 0) is 14.3 Å². The Hall–Kier alpha value is -1.12. The van der Waals surface area contributed by atoms with Crippen molar-refractivity contribution >= 4 is 11.8 Å². The topological polar surface area (TPSA) is 43.4 Å². The van der Waals surface area contributed by atoms with Gasteiger partial charge < -0.3 is 4.74 Å². The fraction of sp³-hybridized carbons (Fsp3) is 0.636. The lowest BCUT2D eigenvalue weighted by Gasteiger charge is -2.01. The van der Waals surface area contributed by atoms with Crippen LogP contribution < -0.4 is 0 Å². The van der Waals surface area contributed by atoms with Gasteiger partial charge in [-0.25, -0.2) is 0 Å². The van der Waals surface area contributed by atoms with Crippen LogP contribution in [0.2, 0.25) is 0 Å². The predicted octanol–water partition coefficient (Wildman–Crippen LogP) is 2.26. The number of hydrogen-bond acceptors (Lipinski definition) is 3. The molecule has 0 amide bonds. The molecule has 0 saturated heterocycles. The summed E-state index contributed by atoms with van der Waals surface area (Å²) in [7, 11) is 0. The van der Waals surface area contributed by atoms with Crippen molar-refractivity contribution in [2.45, 2.75) is 40.0 Å². The van der Waals surface area contributed by atoms with E-state index in [0.717, 1.165) is 6.42 Å². The van der Waals surface area contributed by atoms with Crippen molar-refractivity contribution in [3.63, 3.8) is 0 Å². The molecule has 0 unspecified atom stereocenters. The zero-order chi connectivity index (χ0) is 11.0. The fourth-order valence-electron chi connectivity index (χ4n) is 0.942. The number of carbonyl (C=O) groups is 2. The van der Waals surface area contributed by atoms with Gasteiger partial charge in [-0.15, -0.1) is 0 Å². The molecule has 0 atom stereocenters. The average Bonchev–Trinajstić information content (AvgIpc) is 2.14. The highest BCUT2D eigenvalue weighted by Gasteiger charge is 2.09. The molecule has 0 saturated carbocycles. The molecule has 0 fully saturated rings. The summed E-state index contributed by atoms with van der Waals surface area (Å²) in [5.41, 5.74) is 1.17. The van der Waals surface area contributed by atoms with Crippen LogP contribution in [0.1, 0.15) is 40.0 Å². The maximum absolute atomic E-state index is 11.2. The molecule has 0 aromatic heterocycles. The number of rotatable bonds is 6. The van der Waals surface area contributed by atoms with Crippen LogP contribution in [0, 0.1) is 0 Å². The van der Waals surface area contributed by atoms with Gasteiger partial charge in [-0.05, 0) is 27.2 Å². The Labute approximate surface area is 85.1 Å². The van der Waals surface area contributed by atoms with Crippen molar-refractivity contribution in [3.05, 3.63) is 11.6 Å². The maximum atomic E-state index is 11.2. The second-order valence-electron chi connectivity index (χ2n) is 3.16. The van der Waals surface area contributed by atoms with Crippen molar-refractivity contribution < 1.29 is 14.3 Å². The quantitative estimate of drug-likeness (QED) is 0.373. The van der Waals surface area contributed by atoms with E-state index in [1.54, 1.807) is 6.92 Å². The van der Waals surface area contributed by atoms with Gasteiger partial charge in [0, 0.05) is 6.42 Å². The molecule has 0 aliphatic heterocycles. The van der Waals surface area contributed by atoms with Gasteiger partial charge in [-0.1, -0.05) is 11.6 Å². The summed E-state index contributed by atoms with van der Waals surface area (Å²) in [6.07, 6.45) is 3.03. The zero-order valence-electron chi connectivity index (χ0n) is 9.13. The Kier molecular flexibility index (Phi) is 6.72. The van der Waals surface area contributed by atoms with Gasteiger partial charge >= 0.3 is 5.97 Å². The first-order chi connectivity index (χ1) is 6.60. The Morgan fingerprint density at radius 3 is 2.43 bits per heavy atom. The summed E-state index contributed by atoms with van der Waals surface area (Å²) in [4.78, 5) is 22.1. The van der Waals surface area contributed by atoms with Gasteiger partial charge in [0.25, 0.3) is 0 Å². The zero-order valence-corrected chi connectivity index (χ0v) is 9.13. The highest BCUT2D eigenvalue weighted by atomic mass is 16.5. The maximum Gasteiger partial charge on any atom is 0.313 e. The van der Waals surface area contributed by atoms with Crippen LogP contribution in [0.4, 0.5) is 0 Å². The van der Waals surface area contributed by atoms with Gasteiger partial charge in [-0.2, -0.15) is 0 Å². The summed E-state index contributed by atoms with van der Waals surface area (Å²) in [6.45, 7) is 5.97. The van der Waals surface area contributed by atoms with Gasteiger partial charge in [0.05, 0.1) is 6.61 Å². The molecule has 0 bridgehead atoms. The van der Waals surface area contributed by atoms with E-state index in [-0.39, 0.29) is 12.2 Å². The molecule has 80 valence electrons.